The van der Waals surface area contributed by atoms with Crippen LogP contribution in [0.4, 0.5) is 5.82 Å². The van der Waals surface area contributed by atoms with Crippen LogP contribution in [0.1, 0.15) is 46.0 Å². The maximum atomic E-state index is 5.90. The largest absolute Gasteiger partial charge is 0.372 e. The standard InChI is InChI=1S/C17H20N6OS/c1-10-20-15(13-4-3-7-24-13)16-17(18-9-19-23(10)16)22-6-5-12-14(8-22)25-11(2)21-12/h9,13H,3-8H2,1-2H3. The molecule has 1 fully saturated rings. The molecule has 0 saturated carbocycles. The van der Waals surface area contributed by atoms with E-state index in [2.05, 4.69) is 26.9 Å². The van der Waals surface area contributed by atoms with Crippen molar-refractivity contribution in [2.24, 2.45) is 0 Å². The molecule has 3 aromatic rings. The van der Waals surface area contributed by atoms with Crippen LogP contribution >= 0.6 is 11.3 Å². The Morgan fingerprint density at radius 3 is 3.04 bits per heavy atom. The van der Waals surface area contributed by atoms with Crippen LogP contribution in [-0.2, 0) is 17.7 Å². The first kappa shape index (κ1) is 15.2. The van der Waals surface area contributed by atoms with Crippen LogP contribution in [0.2, 0.25) is 0 Å². The van der Waals surface area contributed by atoms with Crippen LogP contribution in [-0.4, -0.2) is 37.7 Å². The van der Waals surface area contributed by atoms with Crippen molar-refractivity contribution in [3.63, 3.8) is 0 Å². The molecule has 0 amide bonds. The van der Waals surface area contributed by atoms with Gasteiger partial charge in [0.25, 0.3) is 0 Å². The second-order valence-corrected chi connectivity index (χ2v) is 7.95. The maximum Gasteiger partial charge on any atom is 0.158 e. The fraction of sp³-hybridized carbons (Fsp3) is 0.529. The number of aryl methyl sites for hydroxylation is 2. The van der Waals surface area contributed by atoms with E-state index in [4.69, 9.17) is 9.72 Å². The van der Waals surface area contributed by atoms with E-state index in [1.165, 1.54) is 10.6 Å². The molecule has 0 spiro atoms. The molecular weight excluding hydrogens is 336 g/mol. The van der Waals surface area contributed by atoms with Crippen LogP contribution in [0, 0.1) is 13.8 Å². The summed E-state index contributed by atoms with van der Waals surface area (Å²) in [6.45, 7) is 6.63. The summed E-state index contributed by atoms with van der Waals surface area (Å²) in [6, 6.07) is 0. The number of thiazole rings is 1. The summed E-state index contributed by atoms with van der Waals surface area (Å²) >= 11 is 1.79. The van der Waals surface area contributed by atoms with E-state index in [1.807, 2.05) is 11.4 Å². The van der Waals surface area contributed by atoms with Crippen LogP contribution in [0.3, 0.4) is 0 Å². The van der Waals surface area contributed by atoms with Gasteiger partial charge >= 0.3 is 0 Å². The number of anilines is 1. The Balaban J connectivity index is 1.61. The van der Waals surface area contributed by atoms with Gasteiger partial charge in [0.2, 0.25) is 0 Å². The molecule has 1 unspecified atom stereocenters. The van der Waals surface area contributed by atoms with Crippen molar-refractivity contribution in [3.05, 3.63) is 33.4 Å². The van der Waals surface area contributed by atoms with Gasteiger partial charge in [-0.2, -0.15) is 5.10 Å². The number of fused-ring (bicyclic) bond motifs is 2. The van der Waals surface area contributed by atoms with Crippen molar-refractivity contribution in [1.29, 1.82) is 0 Å². The van der Waals surface area contributed by atoms with Crippen molar-refractivity contribution < 1.29 is 4.74 Å². The van der Waals surface area contributed by atoms with Gasteiger partial charge in [0, 0.05) is 24.4 Å². The molecule has 2 aliphatic heterocycles. The molecule has 1 atom stereocenters. The van der Waals surface area contributed by atoms with Gasteiger partial charge in [-0.3, -0.25) is 0 Å². The number of nitrogens with zero attached hydrogens (tertiary/aromatic N) is 6. The Morgan fingerprint density at radius 1 is 1.28 bits per heavy atom. The molecule has 5 heterocycles. The Labute approximate surface area is 149 Å². The fourth-order valence-electron chi connectivity index (χ4n) is 3.84. The van der Waals surface area contributed by atoms with Crippen LogP contribution in [0.5, 0.6) is 0 Å². The van der Waals surface area contributed by atoms with Gasteiger partial charge in [0.1, 0.15) is 29.5 Å². The summed E-state index contributed by atoms with van der Waals surface area (Å²) in [7, 11) is 0. The maximum absolute atomic E-state index is 5.90. The lowest BCUT2D eigenvalue weighted by Crippen LogP contribution is -2.31. The van der Waals surface area contributed by atoms with Gasteiger partial charge in [0.15, 0.2) is 5.82 Å². The van der Waals surface area contributed by atoms with E-state index < -0.39 is 0 Å². The van der Waals surface area contributed by atoms with Crippen molar-refractivity contribution in [2.45, 2.75) is 45.8 Å². The summed E-state index contributed by atoms with van der Waals surface area (Å²) in [4.78, 5) is 17.7. The summed E-state index contributed by atoms with van der Waals surface area (Å²) < 4.78 is 7.81. The molecule has 1 saturated heterocycles. The first-order valence-electron chi connectivity index (χ1n) is 8.72. The summed E-state index contributed by atoms with van der Waals surface area (Å²) in [5, 5.41) is 5.57. The smallest absolute Gasteiger partial charge is 0.158 e. The molecule has 3 aromatic heterocycles. The van der Waals surface area contributed by atoms with Gasteiger partial charge in [-0.05, 0) is 26.7 Å². The molecular formula is C17H20N6OS. The highest BCUT2D eigenvalue weighted by atomic mass is 32.1. The highest BCUT2D eigenvalue weighted by Gasteiger charge is 2.29. The molecule has 130 valence electrons. The number of aromatic nitrogens is 5. The highest BCUT2D eigenvalue weighted by molar-refractivity contribution is 7.11. The zero-order valence-corrected chi connectivity index (χ0v) is 15.2. The fourth-order valence-corrected chi connectivity index (χ4v) is 4.84. The average Bonchev–Trinajstić information content (AvgIpc) is 3.32. The molecule has 25 heavy (non-hydrogen) atoms. The predicted octanol–water partition coefficient (Wildman–Crippen LogP) is 2.61. The number of imidazole rings is 1. The zero-order chi connectivity index (χ0) is 17.0. The minimum atomic E-state index is 0.0550. The zero-order valence-electron chi connectivity index (χ0n) is 14.4. The van der Waals surface area contributed by atoms with E-state index in [9.17, 15) is 0 Å². The van der Waals surface area contributed by atoms with Crippen molar-refractivity contribution in [2.75, 3.05) is 18.1 Å². The minimum absolute atomic E-state index is 0.0550. The predicted molar refractivity (Wildman–Crippen MR) is 95.1 cm³/mol. The average molecular weight is 356 g/mol. The molecule has 0 N–H and O–H groups in total. The Bertz CT molecular complexity index is 942. The van der Waals surface area contributed by atoms with E-state index in [0.717, 1.165) is 66.8 Å². The minimum Gasteiger partial charge on any atom is -0.372 e. The number of hydrogen-bond acceptors (Lipinski definition) is 7. The van der Waals surface area contributed by atoms with Crippen LogP contribution in [0.25, 0.3) is 5.52 Å². The van der Waals surface area contributed by atoms with Gasteiger partial charge < -0.3 is 9.64 Å². The Morgan fingerprint density at radius 2 is 2.20 bits per heavy atom. The lowest BCUT2D eigenvalue weighted by atomic mass is 10.1. The second kappa shape index (κ2) is 5.74. The van der Waals surface area contributed by atoms with Crippen molar-refractivity contribution in [1.82, 2.24) is 24.6 Å². The monoisotopic (exact) mass is 356 g/mol. The first-order chi connectivity index (χ1) is 12.2. The molecule has 0 aliphatic carbocycles. The summed E-state index contributed by atoms with van der Waals surface area (Å²) in [5.41, 5.74) is 3.22. The van der Waals surface area contributed by atoms with Crippen molar-refractivity contribution in [3.8, 4) is 0 Å². The van der Waals surface area contributed by atoms with Crippen molar-refractivity contribution >= 4 is 22.7 Å². The molecule has 0 radical (unpaired) electrons. The van der Waals surface area contributed by atoms with Gasteiger partial charge in [0.05, 0.1) is 17.2 Å². The van der Waals surface area contributed by atoms with Gasteiger partial charge in [-0.1, -0.05) is 0 Å². The van der Waals surface area contributed by atoms with Crippen LogP contribution in [0.15, 0.2) is 6.33 Å². The summed E-state index contributed by atoms with van der Waals surface area (Å²) in [6.07, 6.45) is 4.74. The first-order valence-corrected chi connectivity index (χ1v) is 9.54. The number of rotatable bonds is 2. The molecule has 0 aromatic carbocycles. The second-order valence-electron chi connectivity index (χ2n) is 6.66. The van der Waals surface area contributed by atoms with Crippen LogP contribution < -0.4 is 4.90 Å². The SMILES string of the molecule is Cc1nc2c(s1)CN(c1ncnn3c(C)nc(C4CCCO4)c13)CC2. The quantitative estimate of drug-likeness (QED) is 0.703. The third-order valence-corrected chi connectivity index (χ3v) is 5.97. The van der Waals surface area contributed by atoms with E-state index in [1.54, 1.807) is 17.7 Å². The Kier molecular flexibility index (Phi) is 3.49. The third-order valence-electron chi connectivity index (χ3n) is 4.97. The molecule has 5 rings (SSSR count). The highest BCUT2D eigenvalue weighted by Crippen LogP contribution is 2.36. The number of ether oxygens (including phenoxy) is 1. The lowest BCUT2D eigenvalue weighted by Gasteiger charge is -2.27. The lowest BCUT2D eigenvalue weighted by molar-refractivity contribution is 0.110. The number of hydrogen-bond donors (Lipinski definition) is 0. The molecule has 0 bridgehead atoms. The third kappa shape index (κ3) is 2.43. The molecule has 7 nitrogen and oxygen atoms in total. The topological polar surface area (TPSA) is 68.4 Å². The van der Waals surface area contributed by atoms with Gasteiger partial charge in [-0.25, -0.2) is 19.5 Å². The molecule has 2 aliphatic rings. The van der Waals surface area contributed by atoms with Gasteiger partial charge in [-0.15, -0.1) is 11.3 Å². The normalized spacial score (nSPS) is 20.4. The summed E-state index contributed by atoms with van der Waals surface area (Å²) in [5.74, 6) is 1.84. The van der Waals surface area contributed by atoms with E-state index >= 15 is 0 Å². The van der Waals surface area contributed by atoms with E-state index in [0.29, 0.717) is 0 Å². The van der Waals surface area contributed by atoms with E-state index in [-0.39, 0.29) is 6.10 Å². The Hall–Kier alpha value is -2.06. The molecule has 8 heteroatoms.